The van der Waals surface area contributed by atoms with Crippen LogP contribution in [-0.4, -0.2) is 14.6 Å². The molecule has 0 spiro atoms. The number of H-pyrrole nitrogens is 1. The Morgan fingerprint density at radius 1 is 1.64 bits per heavy atom. The van der Waals surface area contributed by atoms with E-state index in [1.807, 2.05) is 13.0 Å². The van der Waals surface area contributed by atoms with Gasteiger partial charge in [-0.1, -0.05) is 0 Å². The Morgan fingerprint density at radius 3 is 3.18 bits per heavy atom. The van der Waals surface area contributed by atoms with Crippen LogP contribution in [0.2, 0.25) is 0 Å². The fraction of sp³-hybridized carbons (Fsp3) is 0.143. The van der Waals surface area contributed by atoms with E-state index in [-0.39, 0.29) is 5.69 Å². The fourth-order valence-electron chi connectivity index (χ4n) is 1.06. The standard InChI is InChI=1S/C7H7N3O/c1-5-4-9-10-6(5)2-3-8-7(10)11/h2-4H,1H3,(H,8,11). The molecule has 2 rings (SSSR count). The predicted molar refractivity (Wildman–Crippen MR) is 40.5 cm³/mol. The van der Waals surface area contributed by atoms with Crippen LogP contribution >= 0.6 is 0 Å². The molecule has 2 aromatic rings. The zero-order chi connectivity index (χ0) is 7.84. The minimum Gasteiger partial charge on any atom is -0.313 e. The van der Waals surface area contributed by atoms with Crippen molar-refractivity contribution in [3.63, 3.8) is 0 Å². The van der Waals surface area contributed by atoms with Crippen molar-refractivity contribution in [3.8, 4) is 0 Å². The first-order valence-corrected chi connectivity index (χ1v) is 3.31. The monoisotopic (exact) mass is 149 g/mol. The maximum absolute atomic E-state index is 11.0. The number of aryl methyl sites for hydroxylation is 1. The van der Waals surface area contributed by atoms with Crippen LogP contribution in [0.1, 0.15) is 5.56 Å². The molecule has 0 unspecified atom stereocenters. The van der Waals surface area contributed by atoms with E-state index in [0.29, 0.717) is 0 Å². The number of rotatable bonds is 0. The van der Waals surface area contributed by atoms with Crippen molar-refractivity contribution in [2.24, 2.45) is 0 Å². The van der Waals surface area contributed by atoms with E-state index in [1.54, 1.807) is 12.4 Å². The molecule has 2 aromatic heterocycles. The highest BCUT2D eigenvalue weighted by Gasteiger charge is 1.99. The summed E-state index contributed by atoms with van der Waals surface area (Å²) < 4.78 is 1.34. The number of aromatic amines is 1. The summed E-state index contributed by atoms with van der Waals surface area (Å²) in [6, 6.07) is 1.82. The van der Waals surface area contributed by atoms with Crippen LogP contribution in [0.3, 0.4) is 0 Å². The highest BCUT2D eigenvalue weighted by molar-refractivity contribution is 5.51. The van der Waals surface area contributed by atoms with E-state index in [0.717, 1.165) is 11.1 Å². The van der Waals surface area contributed by atoms with Crippen LogP contribution in [0.25, 0.3) is 5.52 Å². The Hall–Kier alpha value is -1.58. The molecule has 0 aliphatic carbocycles. The summed E-state index contributed by atoms with van der Waals surface area (Å²) in [4.78, 5) is 13.6. The van der Waals surface area contributed by atoms with Crippen molar-refractivity contribution in [1.82, 2.24) is 14.6 Å². The molecular weight excluding hydrogens is 142 g/mol. The lowest BCUT2D eigenvalue weighted by atomic mass is 10.3. The lowest BCUT2D eigenvalue weighted by molar-refractivity contribution is 0.868. The van der Waals surface area contributed by atoms with Gasteiger partial charge in [0.25, 0.3) is 0 Å². The molecule has 0 bridgehead atoms. The molecule has 0 amide bonds. The number of nitrogens with zero attached hydrogens (tertiary/aromatic N) is 2. The van der Waals surface area contributed by atoms with Gasteiger partial charge in [-0.15, -0.1) is 0 Å². The minimum atomic E-state index is -0.199. The highest BCUT2D eigenvalue weighted by Crippen LogP contribution is 2.03. The van der Waals surface area contributed by atoms with E-state index in [2.05, 4.69) is 10.1 Å². The number of aromatic nitrogens is 3. The Kier molecular flexibility index (Phi) is 1.09. The zero-order valence-electron chi connectivity index (χ0n) is 6.03. The molecule has 2 heterocycles. The van der Waals surface area contributed by atoms with Gasteiger partial charge in [-0.2, -0.15) is 9.61 Å². The van der Waals surface area contributed by atoms with Crippen LogP contribution < -0.4 is 5.69 Å². The second kappa shape index (κ2) is 1.95. The summed E-state index contributed by atoms with van der Waals surface area (Å²) in [5.41, 5.74) is 1.67. The van der Waals surface area contributed by atoms with Gasteiger partial charge in [-0.3, -0.25) is 0 Å². The van der Waals surface area contributed by atoms with Gasteiger partial charge in [0.1, 0.15) is 0 Å². The molecule has 1 N–H and O–H groups in total. The van der Waals surface area contributed by atoms with Crippen LogP contribution in [0.4, 0.5) is 0 Å². The summed E-state index contributed by atoms with van der Waals surface area (Å²) in [5.74, 6) is 0. The summed E-state index contributed by atoms with van der Waals surface area (Å²) in [6.07, 6.45) is 3.29. The molecule has 0 radical (unpaired) electrons. The third kappa shape index (κ3) is 0.756. The van der Waals surface area contributed by atoms with Gasteiger partial charge in [0.05, 0.1) is 11.7 Å². The summed E-state index contributed by atoms with van der Waals surface area (Å²) in [7, 11) is 0. The van der Waals surface area contributed by atoms with Crippen molar-refractivity contribution in [1.29, 1.82) is 0 Å². The van der Waals surface area contributed by atoms with Gasteiger partial charge in [-0.25, -0.2) is 4.79 Å². The maximum atomic E-state index is 11.0. The van der Waals surface area contributed by atoms with Crippen molar-refractivity contribution in [2.45, 2.75) is 6.92 Å². The Morgan fingerprint density at radius 2 is 2.45 bits per heavy atom. The van der Waals surface area contributed by atoms with Crippen molar-refractivity contribution >= 4 is 5.52 Å². The van der Waals surface area contributed by atoms with Crippen LogP contribution in [0.5, 0.6) is 0 Å². The smallest absolute Gasteiger partial charge is 0.313 e. The minimum absolute atomic E-state index is 0.199. The molecule has 56 valence electrons. The lowest BCUT2D eigenvalue weighted by Gasteiger charge is -1.89. The summed E-state index contributed by atoms with van der Waals surface area (Å²) in [5, 5.41) is 3.89. The van der Waals surface area contributed by atoms with Gasteiger partial charge in [0, 0.05) is 6.20 Å². The number of fused-ring (bicyclic) bond motifs is 1. The van der Waals surface area contributed by atoms with Gasteiger partial charge < -0.3 is 4.98 Å². The maximum Gasteiger partial charge on any atom is 0.346 e. The van der Waals surface area contributed by atoms with Crippen molar-refractivity contribution < 1.29 is 0 Å². The molecular formula is C7H7N3O. The first-order chi connectivity index (χ1) is 5.29. The molecule has 0 saturated heterocycles. The molecule has 4 nitrogen and oxygen atoms in total. The number of nitrogens with one attached hydrogen (secondary N) is 1. The Balaban J connectivity index is 3.06. The first-order valence-electron chi connectivity index (χ1n) is 3.31. The SMILES string of the molecule is Cc1cnn2c(=O)[nH]ccc12. The van der Waals surface area contributed by atoms with Gasteiger partial charge in [-0.05, 0) is 18.6 Å². The van der Waals surface area contributed by atoms with Crippen LogP contribution in [0, 0.1) is 6.92 Å². The third-order valence-electron chi connectivity index (χ3n) is 1.64. The molecule has 11 heavy (non-hydrogen) atoms. The van der Waals surface area contributed by atoms with Gasteiger partial charge in [0.2, 0.25) is 0 Å². The molecule has 0 aliphatic rings. The second-order valence-corrected chi connectivity index (χ2v) is 2.41. The zero-order valence-corrected chi connectivity index (χ0v) is 6.03. The van der Waals surface area contributed by atoms with E-state index < -0.39 is 0 Å². The highest BCUT2D eigenvalue weighted by atomic mass is 16.1. The van der Waals surface area contributed by atoms with Gasteiger partial charge in [0.15, 0.2) is 0 Å². The average molecular weight is 149 g/mol. The second-order valence-electron chi connectivity index (χ2n) is 2.41. The topological polar surface area (TPSA) is 50.2 Å². The average Bonchev–Trinajstić information content (AvgIpc) is 2.35. The number of hydrogen-bond donors (Lipinski definition) is 1. The van der Waals surface area contributed by atoms with Crippen molar-refractivity contribution in [3.05, 3.63) is 34.5 Å². The Labute approximate surface area is 62.5 Å². The lowest BCUT2D eigenvalue weighted by Crippen LogP contribution is -2.15. The quantitative estimate of drug-likeness (QED) is 0.586. The molecule has 0 aromatic carbocycles. The molecule has 4 heteroatoms. The Bertz CT molecular complexity index is 440. The molecule has 0 aliphatic heterocycles. The molecule has 0 fully saturated rings. The van der Waals surface area contributed by atoms with Gasteiger partial charge >= 0.3 is 5.69 Å². The van der Waals surface area contributed by atoms with Crippen LogP contribution in [0.15, 0.2) is 23.3 Å². The third-order valence-corrected chi connectivity index (χ3v) is 1.64. The molecule has 0 atom stereocenters. The number of hydrogen-bond acceptors (Lipinski definition) is 2. The van der Waals surface area contributed by atoms with E-state index in [4.69, 9.17) is 0 Å². The predicted octanol–water partition coefficient (Wildman–Crippen LogP) is 0.331. The molecule has 0 saturated carbocycles. The normalized spacial score (nSPS) is 10.6. The van der Waals surface area contributed by atoms with E-state index in [1.165, 1.54) is 4.52 Å². The van der Waals surface area contributed by atoms with Crippen molar-refractivity contribution in [2.75, 3.05) is 0 Å². The summed E-state index contributed by atoms with van der Waals surface area (Å²) in [6.45, 7) is 1.92. The fourth-order valence-corrected chi connectivity index (χ4v) is 1.06. The van der Waals surface area contributed by atoms with E-state index >= 15 is 0 Å². The largest absolute Gasteiger partial charge is 0.346 e. The first kappa shape index (κ1) is 6.15. The van der Waals surface area contributed by atoms with Crippen LogP contribution in [-0.2, 0) is 0 Å². The van der Waals surface area contributed by atoms with E-state index in [9.17, 15) is 4.79 Å². The summed E-state index contributed by atoms with van der Waals surface area (Å²) >= 11 is 0.